The third kappa shape index (κ3) is 1.74. The van der Waals surface area contributed by atoms with Crippen molar-refractivity contribution in [1.82, 2.24) is 4.90 Å². The van der Waals surface area contributed by atoms with Gasteiger partial charge in [0, 0.05) is 24.1 Å². The van der Waals surface area contributed by atoms with Crippen LogP contribution in [0.4, 0.5) is 0 Å². The van der Waals surface area contributed by atoms with Crippen LogP contribution >= 0.6 is 0 Å². The van der Waals surface area contributed by atoms with Gasteiger partial charge in [-0.05, 0) is 41.9 Å². The summed E-state index contributed by atoms with van der Waals surface area (Å²) in [7, 11) is 2.07. The molecular weight excluding hydrogens is 334 g/mol. The highest BCUT2D eigenvalue weighted by Crippen LogP contribution is 2.53. The van der Waals surface area contributed by atoms with Crippen LogP contribution in [0.2, 0.25) is 0 Å². The zero-order valence-corrected chi connectivity index (χ0v) is 14.2. The van der Waals surface area contributed by atoms with E-state index in [1.165, 1.54) is 0 Å². The topological polar surface area (TPSA) is 60.4 Å². The molecular formula is C20H17NO5. The molecule has 2 aromatic carbocycles. The van der Waals surface area contributed by atoms with E-state index >= 15 is 0 Å². The van der Waals surface area contributed by atoms with E-state index < -0.39 is 0 Å². The molecule has 0 saturated carbocycles. The molecule has 0 saturated heterocycles. The van der Waals surface area contributed by atoms with E-state index in [0.717, 1.165) is 57.4 Å². The summed E-state index contributed by atoms with van der Waals surface area (Å²) < 4.78 is 22.3. The minimum atomic E-state index is -0.0267. The van der Waals surface area contributed by atoms with Gasteiger partial charge in [-0.25, -0.2) is 0 Å². The number of hydrogen-bond acceptors (Lipinski definition) is 6. The number of hydrogen-bond donors (Lipinski definition) is 1. The van der Waals surface area contributed by atoms with Crippen LogP contribution in [0, 0.1) is 0 Å². The van der Waals surface area contributed by atoms with Crippen molar-refractivity contribution >= 4 is 5.57 Å². The van der Waals surface area contributed by atoms with Crippen LogP contribution in [0.25, 0.3) is 5.57 Å². The lowest BCUT2D eigenvalue weighted by atomic mass is 9.78. The number of benzene rings is 2. The van der Waals surface area contributed by atoms with Crippen LogP contribution in [0.1, 0.15) is 28.3 Å². The van der Waals surface area contributed by atoms with Gasteiger partial charge in [-0.15, -0.1) is 0 Å². The molecule has 132 valence electrons. The van der Waals surface area contributed by atoms with Gasteiger partial charge in [0.05, 0.1) is 6.04 Å². The molecule has 0 aromatic heterocycles. The summed E-state index contributed by atoms with van der Waals surface area (Å²) in [5, 5.41) is 10.9. The molecule has 6 nitrogen and oxygen atoms in total. The maximum atomic E-state index is 10.9. The van der Waals surface area contributed by atoms with Crippen molar-refractivity contribution in [3.8, 4) is 23.0 Å². The lowest BCUT2D eigenvalue weighted by Gasteiger charge is -2.40. The van der Waals surface area contributed by atoms with Gasteiger partial charge >= 0.3 is 0 Å². The Bertz CT molecular complexity index is 996. The molecule has 1 aliphatic carbocycles. The lowest BCUT2D eigenvalue weighted by Crippen LogP contribution is -2.33. The standard InChI is InChI=1S/C20H17NO5/c1-21-7-13-11(2-3-15-20(13)26-9-23-15)18-14(22)4-10-5-16-17(25-8-24-16)6-12(10)19(18)21/h2-3,5-6,19,22H,4,7-9H2,1H3/t19-/m1/s1. The molecule has 0 unspecified atom stereocenters. The summed E-state index contributed by atoms with van der Waals surface area (Å²) >= 11 is 0. The van der Waals surface area contributed by atoms with Crippen LogP contribution in [-0.4, -0.2) is 30.6 Å². The minimum absolute atomic E-state index is 0.0267. The van der Waals surface area contributed by atoms with Gasteiger partial charge < -0.3 is 24.1 Å². The Morgan fingerprint density at radius 1 is 1.00 bits per heavy atom. The Hall–Kier alpha value is -2.86. The summed E-state index contributed by atoms with van der Waals surface area (Å²) in [6.07, 6.45) is 0.486. The molecule has 2 aromatic rings. The SMILES string of the molecule is CN1Cc2c(ccc3c2OCO3)C2=C(O)Cc3cc4c(cc3[C@H]21)OCO4. The third-order valence-electron chi connectivity index (χ3n) is 5.65. The van der Waals surface area contributed by atoms with Crippen molar-refractivity contribution in [2.45, 2.75) is 19.0 Å². The normalized spacial score (nSPS) is 22.1. The summed E-state index contributed by atoms with van der Waals surface area (Å²) in [5.74, 6) is 3.49. The van der Waals surface area contributed by atoms with Gasteiger partial charge in [0.1, 0.15) is 5.76 Å². The summed E-state index contributed by atoms with van der Waals surface area (Å²) in [6.45, 7) is 1.21. The van der Waals surface area contributed by atoms with Gasteiger partial charge in [-0.1, -0.05) is 6.07 Å². The van der Waals surface area contributed by atoms with Crippen LogP contribution in [0.15, 0.2) is 30.0 Å². The molecule has 0 fully saturated rings. The molecule has 0 radical (unpaired) electrons. The fourth-order valence-electron chi connectivity index (χ4n) is 4.54. The summed E-state index contributed by atoms with van der Waals surface area (Å²) in [4.78, 5) is 2.23. The fourth-order valence-corrected chi connectivity index (χ4v) is 4.54. The van der Waals surface area contributed by atoms with Crippen molar-refractivity contribution in [2.75, 3.05) is 20.6 Å². The van der Waals surface area contributed by atoms with Crippen LogP contribution in [0.3, 0.4) is 0 Å². The molecule has 3 heterocycles. The van der Waals surface area contributed by atoms with E-state index in [9.17, 15) is 5.11 Å². The molecule has 3 aliphatic heterocycles. The Morgan fingerprint density at radius 2 is 1.77 bits per heavy atom. The van der Waals surface area contributed by atoms with Gasteiger partial charge in [0.15, 0.2) is 23.0 Å². The van der Waals surface area contributed by atoms with Gasteiger partial charge in [0.25, 0.3) is 0 Å². The largest absolute Gasteiger partial charge is 0.512 e. The van der Waals surface area contributed by atoms with Crippen LogP contribution < -0.4 is 18.9 Å². The first-order chi connectivity index (χ1) is 12.7. The minimum Gasteiger partial charge on any atom is -0.512 e. The fraction of sp³-hybridized carbons (Fsp3) is 0.300. The van der Waals surface area contributed by atoms with E-state index in [1.807, 2.05) is 18.2 Å². The lowest BCUT2D eigenvalue weighted by molar-refractivity contribution is 0.171. The maximum absolute atomic E-state index is 10.9. The Balaban J connectivity index is 1.57. The highest BCUT2D eigenvalue weighted by atomic mass is 16.7. The van der Waals surface area contributed by atoms with Crippen molar-refractivity contribution < 1.29 is 24.1 Å². The second-order valence-corrected chi connectivity index (χ2v) is 7.08. The molecule has 26 heavy (non-hydrogen) atoms. The van der Waals surface area contributed by atoms with Gasteiger partial charge in [-0.3, -0.25) is 4.90 Å². The van der Waals surface area contributed by atoms with E-state index in [4.69, 9.17) is 18.9 Å². The Labute approximate surface area is 150 Å². The quantitative estimate of drug-likeness (QED) is 0.787. The first-order valence-corrected chi connectivity index (χ1v) is 8.67. The number of fused-ring (bicyclic) bond motifs is 8. The number of aliphatic hydroxyl groups is 1. The zero-order chi connectivity index (χ0) is 17.4. The first-order valence-electron chi connectivity index (χ1n) is 8.67. The Kier molecular flexibility index (Phi) is 2.68. The van der Waals surface area contributed by atoms with Gasteiger partial charge in [0.2, 0.25) is 13.6 Å². The smallest absolute Gasteiger partial charge is 0.231 e. The van der Waals surface area contributed by atoms with Crippen molar-refractivity contribution in [3.05, 3.63) is 52.3 Å². The molecule has 0 spiro atoms. The van der Waals surface area contributed by atoms with Crippen molar-refractivity contribution in [2.24, 2.45) is 0 Å². The second-order valence-electron chi connectivity index (χ2n) is 7.08. The molecule has 1 N–H and O–H groups in total. The Morgan fingerprint density at radius 3 is 2.65 bits per heavy atom. The highest BCUT2D eigenvalue weighted by molar-refractivity contribution is 5.81. The molecule has 6 heteroatoms. The van der Waals surface area contributed by atoms with Crippen molar-refractivity contribution in [1.29, 1.82) is 0 Å². The second kappa shape index (κ2) is 4.86. The molecule has 0 bridgehead atoms. The van der Waals surface area contributed by atoms with Crippen LogP contribution in [0.5, 0.6) is 23.0 Å². The summed E-state index contributed by atoms with van der Waals surface area (Å²) in [6, 6.07) is 7.99. The number of rotatable bonds is 0. The molecule has 0 amide bonds. The number of ether oxygens (including phenoxy) is 4. The number of aliphatic hydroxyl groups excluding tert-OH is 1. The van der Waals surface area contributed by atoms with E-state index in [2.05, 4.69) is 18.0 Å². The number of allylic oxidation sites excluding steroid dienone is 1. The zero-order valence-electron chi connectivity index (χ0n) is 14.2. The first kappa shape index (κ1) is 14.3. The van der Waals surface area contributed by atoms with E-state index in [-0.39, 0.29) is 19.6 Å². The molecule has 6 rings (SSSR count). The average Bonchev–Trinajstić information content (AvgIpc) is 3.28. The number of likely N-dealkylation sites (N-methyl/N-ethyl adjacent to an activating group) is 1. The predicted molar refractivity (Wildman–Crippen MR) is 92.6 cm³/mol. The van der Waals surface area contributed by atoms with E-state index in [0.29, 0.717) is 12.2 Å². The highest BCUT2D eigenvalue weighted by Gasteiger charge is 2.39. The number of nitrogens with zero attached hydrogens (tertiary/aromatic N) is 1. The maximum Gasteiger partial charge on any atom is 0.231 e. The molecule has 4 aliphatic rings. The monoisotopic (exact) mass is 351 g/mol. The van der Waals surface area contributed by atoms with Crippen molar-refractivity contribution in [3.63, 3.8) is 0 Å². The van der Waals surface area contributed by atoms with E-state index in [1.54, 1.807) is 0 Å². The predicted octanol–water partition coefficient (Wildman–Crippen LogP) is 3.16. The van der Waals surface area contributed by atoms with Crippen LogP contribution in [-0.2, 0) is 13.0 Å². The summed E-state index contributed by atoms with van der Waals surface area (Å²) in [5.41, 5.74) is 5.30. The average molecular weight is 351 g/mol. The molecule has 1 atom stereocenters. The third-order valence-corrected chi connectivity index (χ3v) is 5.65. The van der Waals surface area contributed by atoms with Gasteiger partial charge in [-0.2, -0.15) is 0 Å².